The molecule has 3 nitrogen and oxygen atoms in total. The van der Waals surface area contributed by atoms with Crippen LogP contribution >= 0.6 is 27.5 Å². The van der Waals surface area contributed by atoms with Gasteiger partial charge in [0.15, 0.2) is 6.61 Å². The molecular weight excluding hydrogens is 342 g/mol. The molecule has 0 aromatic heterocycles. The zero-order chi connectivity index (χ0) is 14.5. The van der Waals surface area contributed by atoms with Crippen LogP contribution in [-0.2, 0) is 4.79 Å². The zero-order valence-electron chi connectivity index (χ0n) is 11.6. The van der Waals surface area contributed by atoms with E-state index in [1.165, 1.54) is 6.42 Å². The minimum absolute atomic E-state index is 0.0680. The molecular formula is C15H19BrClNO2. The minimum Gasteiger partial charge on any atom is -0.483 e. The molecule has 1 fully saturated rings. The number of rotatable bonds is 4. The fourth-order valence-corrected chi connectivity index (χ4v) is 3.37. The van der Waals surface area contributed by atoms with Gasteiger partial charge in [0.1, 0.15) is 5.75 Å². The number of carbonyl (C=O) groups excluding carboxylic acids is 1. The molecule has 1 heterocycles. The Kier molecular flexibility index (Phi) is 5.73. The topological polar surface area (TPSA) is 29.5 Å². The standard InChI is InChI=1S/C15H19BrClNO2/c1-2-12-5-3-4-8-18(12)15(19)10-20-14-7-6-11(17)9-13(14)16/h6-7,9,12H,2-5,8,10H2,1H3. The highest BCUT2D eigenvalue weighted by Crippen LogP contribution is 2.28. The molecule has 1 unspecified atom stereocenters. The van der Waals surface area contributed by atoms with Crippen molar-refractivity contribution in [3.63, 3.8) is 0 Å². The van der Waals surface area contributed by atoms with Crippen LogP contribution in [0.1, 0.15) is 32.6 Å². The molecule has 2 rings (SSSR count). The summed E-state index contributed by atoms with van der Waals surface area (Å²) in [6, 6.07) is 5.65. The van der Waals surface area contributed by atoms with Crippen LogP contribution in [0.15, 0.2) is 22.7 Å². The monoisotopic (exact) mass is 359 g/mol. The normalized spacial score (nSPS) is 18.9. The predicted octanol–water partition coefficient (Wildman–Crippen LogP) is 4.27. The average molecular weight is 361 g/mol. The molecule has 1 aromatic carbocycles. The number of carbonyl (C=O) groups is 1. The number of piperidine rings is 1. The Morgan fingerprint density at radius 2 is 2.30 bits per heavy atom. The van der Waals surface area contributed by atoms with E-state index in [2.05, 4.69) is 22.9 Å². The van der Waals surface area contributed by atoms with Gasteiger partial charge in [-0.05, 0) is 59.8 Å². The van der Waals surface area contributed by atoms with Crippen molar-refractivity contribution in [2.45, 2.75) is 38.6 Å². The van der Waals surface area contributed by atoms with E-state index in [0.29, 0.717) is 16.8 Å². The molecule has 110 valence electrons. The third kappa shape index (κ3) is 3.89. The Bertz CT molecular complexity index is 481. The Balaban J connectivity index is 1.94. The Hall–Kier alpha value is -0.740. The summed E-state index contributed by atoms with van der Waals surface area (Å²) < 4.78 is 6.37. The van der Waals surface area contributed by atoms with E-state index in [1.54, 1.807) is 18.2 Å². The third-order valence-electron chi connectivity index (χ3n) is 3.66. The van der Waals surface area contributed by atoms with E-state index in [1.807, 2.05) is 4.90 Å². The molecule has 1 amide bonds. The average Bonchev–Trinajstić information content (AvgIpc) is 2.46. The van der Waals surface area contributed by atoms with Crippen LogP contribution in [0.2, 0.25) is 5.02 Å². The number of nitrogens with zero attached hydrogens (tertiary/aromatic N) is 1. The van der Waals surface area contributed by atoms with Gasteiger partial charge in [-0.3, -0.25) is 4.79 Å². The van der Waals surface area contributed by atoms with Crippen molar-refractivity contribution >= 4 is 33.4 Å². The van der Waals surface area contributed by atoms with Crippen LogP contribution in [0.5, 0.6) is 5.75 Å². The fraction of sp³-hybridized carbons (Fsp3) is 0.533. The number of likely N-dealkylation sites (tertiary alicyclic amines) is 1. The van der Waals surface area contributed by atoms with E-state index in [0.717, 1.165) is 30.3 Å². The smallest absolute Gasteiger partial charge is 0.260 e. The summed E-state index contributed by atoms with van der Waals surface area (Å²) >= 11 is 9.26. The maximum atomic E-state index is 12.3. The highest BCUT2D eigenvalue weighted by molar-refractivity contribution is 9.10. The van der Waals surface area contributed by atoms with Crippen molar-refractivity contribution in [2.75, 3.05) is 13.2 Å². The summed E-state index contributed by atoms with van der Waals surface area (Å²) in [4.78, 5) is 14.2. The van der Waals surface area contributed by atoms with Crippen LogP contribution in [0.25, 0.3) is 0 Å². The van der Waals surface area contributed by atoms with Crippen molar-refractivity contribution in [2.24, 2.45) is 0 Å². The largest absolute Gasteiger partial charge is 0.483 e. The first kappa shape index (κ1) is 15.6. The molecule has 0 spiro atoms. The van der Waals surface area contributed by atoms with E-state index < -0.39 is 0 Å². The van der Waals surface area contributed by atoms with Crippen molar-refractivity contribution in [3.05, 3.63) is 27.7 Å². The summed E-state index contributed by atoms with van der Waals surface area (Å²) in [7, 11) is 0. The first-order valence-electron chi connectivity index (χ1n) is 6.99. The quantitative estimate of drug-likeness (QED) is 0.802. The molecule has 0 bridgehead atoms. The molecule has 1 aliphatic rings. The number of amides is 1. The molecule has 0 N–H and O–H groups in total. The first-order chi connectivity index (χ1) is 9.61. The van der Waals surface area contributed by atoms with E-state index in [4.69, 9.17) is 16.3 Å². The van der Waals surface area contributed by atoms with Gasteiger partial charge < -0.3 is 9.64 Å². The number of hydrogen-bond donors (Lipinski definition) is 0. The van der Waals surface area contributed by atoms with E-state index in [9.17, 15) is 4.79 Å². The zero-order valence-corrected chi connectivity index (χ0v) is 13.9. The summed E-state index contributed by atoms with van der Waals surface area (Å²) in [5, 5.41) is 0.637. The molecule has 1 aromatic rings. The van der Waals surface area contributed by atoms with E-state index in [-0.39, 0.29) is 12.5 Å². The van der Waals surface area contributed by atoms with Gasteiger partial charge in [-0.1, -0.05) is 18.5 Å². The SMILES string of the molecule is CCC1CCCCN1C(=O)COc1ccc(Cl)cc1Br. The van der Waals surface area contributed by atoms with Crippen molar-refractivity contribution in [1.82, 2.24) is 4.90 Å². The lowest BCUT2D eigenvalue weighted by atomic mass is 10.00. The summed E-state index contributed by atoms with van der Waals surface area (Å²) in [6.07, 6.45) is 4.42. The van der Waals surface area contributed by atoms with Crippen molar-refractivity contribution in [1.29, 1.82) is 0 Å². The summed E-state index contributed by atoms with van der Waals surface area (Å²) in [6.45, 7) is 3.06. The van der Waals surface area contributed by atoms with Crippen LogP contribution in [0.3, 0.4) is 0 Å². The van der Waals surface area contributed by atoms with Crippen LogP contribution < -0.4 is 4.74 Å². The minimum atomic E-state index is 0.0680. The summed E-state index contributed by atoms with van der Waals surface area (Å²) in [5.41, 5.74) is 0. The van der Waals surface area contributed by atoms with Gasteiger partial charge in [-0.25, -0.2) is 0 Å². The number of ether oxygens (including phenoxy) is 1. The van der Waals surface area contributed by atoms with Gasteiger partial charge in [-0.15, -0.1) is 0 Å². The van der Waals surface area contributed by atoms with Gasteiger partial charge in [0.05, 0.1) is 4.47 Å². The van der Waals surface area contributed by atoms with Gasteiger partial charge in [0.2, 0.25) is 0 Å². The van der Waals surface area contributed by atoms with Gasteiger partial charge >= 0.3 is 0 Å². The number of halogens is 2. The molecule has 1 atom stereocenters. The van der Waals surface area contributed by atoms with Crippen molar-refractivity contribution in [3.8, 4) is 5.75 Å². The van der Waals surface area contributed by atoms with Crippen LogP contribution in [-0.4, -0.2) is 30.0 Å². The molecule has 20 heavy (non-hydrogen) atoms. The Morgan fingerprint density at radius 3 is 3.00 bits per heavy atom. The maximum Gasteiger partial charge on any atom is 0.260 e. The highest BCUT2D eigenvalue weighted by atomic mass is 79.9. The second kappa shape index (κ2) is 7.32. The molecule has 1 aliphatic heterocycles. The molecule has 0 saturated carbocycles. The molecule has 5 heteroatoms. The van der Waals surface area contributed by atoms with Gasteiger partial charge in [-0.2, -0.15) is 0 Å². The molecule has 0 aliphatic carbocycles. The number of hydrogen-bond acceptors (Lipinski definition) is 2. The second-order valence-corrected chi connectivity index (χ2v) is 6.30. The predicted molar refractivity (Wildman–Crippen MR) is 84.3 cm³/mol. The van der Waals surface area contributed by atoms with Gasteiger partial charge in [0, 0.05) is 17.6 Å². The maximum absolute atomic E-state index is 12.3. The van der Waals surface area contributed by atoms with Crippen LogP contribution in [0.4, 0.5) is 0 Å². The first-order valence-corrected chi connectivity index (χ1v) is 8.16. The van der Waals surface area contributed by atoms with Crippen LogP contribution in [0, 0.1) is 0 Å². The molecule has 1 saturated heterocycles. The number of benzene rings is 1. The lowest BCUT2D eigenvalue weighted by Crippen LogP contribution is -2.45. The lowest BCUT2D eigenvalue weighted by molar-refractivity contribution is -0.137. The lowest BCUT2D eigenvalue weighted by Gasteiger charge is -2.35. The Labute approximate surface area is 133 Å². The third-order valence-corrected chi connectivity index (χ3v) is 4.52. The van der Waals surface area contributed by atoms with E-state index >= 15 is 0 Å². The highest BCUT2D eigenvalue weighted by Gasteiger charge is 2.25. The second-order valence-electron chi connectivity index (χ2n) is 5.01. The van der Waals surface area contributed by atoms with Gasteiger partial charge in [0.25, 0.3) is 5.91 Å². The molecule has 0 radical (unpaired) electrons. The summed E-state index contributed by atoms with van der Waals surface area (Å²) in [5.74, 6) is 0.714. The van der Waals surface area contributed by atoms with Crippen molar-refractivity contribution < 1.29 is 9.53 Å². The fourth-order valence-electron chi connectivity index (χ4n) is 2.57. The Morgan fingerprint density at radius 1 is 1.50 bits per heavy atom.